The molecular weight excluding hydrogens is 256 g/mol. The maximum absolute atomic E-state index is 11.6. The van der Waals surface area contributed by atoms with Crippen molar-refractivity contribution < 1.29 is 9.53 Å². The van der Waals surface area contributed by atoms with Gasteiger partial charge in [-0.2, -0.15) is 0 Å². The molecule has 1 saturated heterocycles. The third-order valence-electron chi connectivity index (χ3n) is 3.32. The third kappa shape index (κ3) is 3.98. The highest BCUT2D eigenvalue weighted by Crippen LogP contribution is 2.18. The van der Waals surface area contributed by atoms with Crippen molar-refractivity contribution in [2.75, 3.05) is 13.6 Å². The maximum atomic E-state index is 11.6. The van der Waals surface area contributed by atoms with Crippen LogP contribution in [-0.4, -0.2) is 36.6 Å². The summed E-state index contributed by atoms with van der Waals surface area (Å²) in [5, 5.41) is 3.44. The number of benzene rings is 1. The highest BCUT2D eigenvalue weighted by atomic mass is 16.5. The summed E-state index contributed by atoms with van der Waals surface area (Å²) in [5.41, 5.74) is 9.58. The van der Waals surface area contributed by atoms with Gasteiger partial charge in [0, 0.05) is 18.0 Å². The van der Waals surface area contributed by atoms with E-state index in [1.807, 2.05) is 25.2 Å². The first kappa shape index (κ1) is 14.4. The molecule has 2 atom stereocenters. The van der Waals surface area contributed by atoms with Gasteiger partial charge in [-0.1, -0.05) is 35.4 Å². The molecule has 1 aromatic carbocycles. The molecule has 0 aliphatic carbocycles. The molecule has 6 heteroatoms. The van der Waals surface area contributed by atoms with Crippen LogP contribution in [-0.2, 0) is 16.1 Å². The van der Waals surface area contributed by atoms with E-state index in [1.54, 1.807) is 0 Å². The van der Waals surface area contributed by atoms with Crippen LogP contribution >= 0.6 is 0 Å². The number of esters is 1. The Hall–Kier alpha value is -2.04. The standard InChI is InChI=1S/C14H18N4O2/c1-18(9-11-5-3-2-4-6-11)10-12-7-8-13(16-17-15)14(19)20-12/h2-6,12-13H,7-10H2,1H3. The minimum atomic E-state index is -0.657. The first-order valence-electron chi connectivity index (χ1n) is 6.66. The average molecular weight is 274 g/mol. The van der Waals surface area contributed by atoms with E-state index in [1.165, 1.54) is 5.56 Å². The molecule has 1 heterocycles. The average Bonchev–Trinajstić information content (AvgIpc) is 2.43. The Kier molecular flexibility index (Phi) is 4.98. The van der Waals surface area contributed by atoms with Gasteiger partial charge < -0.3 is 4.74 Å². The number of carbonyl (C=O) groups excluding carboxylic acids is 1. The molecule has 0 saturated carbocycles. The Morgan fingerprint density at radius 3 is 2.80 bits per heavy atom. The van der Waals surface area contributed by atoms with Gasteiger partial charge in [0.25, 0.3) is 0 Å². The van der Waals surface area contributed by atoms with Gasteiger partial charge in [-0.15, -0.1) is 0 Å². The Morgan fingerprint density at radius 1 is 1.40 bits per heavy atom. The summed E-state index contributed by atoms with van der Waals surface area (Å²) in [4.78, 5) is 16.4. The van der Waals surface area contributed by atoms with Crippen LogP contribution in [0.4, 0.5) is 0 Å². The Bertz CT molecular complexity index is 499. The SMILES string of the molecule is CN(Cc1ccccc1)CC1CCC(N=[N+]=[N-])C(=O)O1. The minimum Gasteiger partial charge on any atom is -0.461 e. The van der Waals surface area contributed by atoms with Crippen LogP contribution in [0.3, 0.4) is 0 Å². The zero-order valence-electron chi connectivity index (χ0n) is 11.5. The third-order valence-corrected chi connectivity index (χ3v) is 3.32. The predicted molar refractivity (Wildman–Crippen MR) is 74.8 cm³/mol. The molecule has 1 fully saturated rings. The first-order chi connectivity index (χ1) is 9.69. The fourth-order valence-corrected chi connectivity index (χ4v) is 2.37. The number of cyclic esters (lactones) is 1. The number of hydrogen-bond acceptors (Lipinski definition) is 4. The molecule has 6 nitrogen and oxygen atoms in total. The lowest BCUT2D eigenvalue weighted by atomic mass is 10.0. The molecule has 1 aromatic rings. The summed E-state index contributed by atoms with van der Waals surface area (Å²) >= 11 is 0. The fraction of sp³-hybridized carbons (Fsp3) is 0.500. The van der Waals surface area contributed by atoms with E-state index in [0.29, 0.717) is 13.0 Å². The number of likely N-dealkylation sites (N-methyl/N-ethyl adjacent to an activating group) is 1. The van der Waals surface area contributed by atoms with E-state index in [4.69, 9.17) is 10.3 Å². The van der Waals surface area contributed by atoms with Crippen LogP contribution in [0.2, 0.25) is 0 Å². The lowest BCUT2D eigenvalue weighted by Crippen LogP contribution is -2.39. The van der Waals surface area contributed by atoms with Gasteiger partial charge in [-0.25, -0.2) is 0 Å². The van der Waals surface area contributed by atoms with Gasteiger partial charge >= 0.3 is 5.97 Å². The number of nitrogens with zero attached hydrogens (tertiary/aromatic N) is 4. The second-order valence-electron chi connectivity index (χ2n) is 5.04. The van der Waals surface area contributed by atoms with Crippen molar-refractivity contribution >= 4 is 5.97 Å². The smallest absolute Gasteiger partial charge is 0.315 e. The molecule has 2 unspecified atom stereocenters. The van der Waals surface area contributed by atoms with Crippen molar-refractivity contribution in [3.8, 4) is 0 Å². The van der Waals surface area contributed by atoms with E-state index >= 15 is 0 Å². The van der Waals surface area contributed by atoms with Gasteiger partial charge in [-0.05, 0) is 31.0 Å². The van der Waals surface area contributed by atoms with Crippen molar-refractivity contribution in [1.82, 2.24) is 4.90 Å². The van der Waals surface area contributed by atoms with Crippen LogP contribution in [0, 0.1) is 0 Å². The van der Waals surface area contributed by atoms with Gasteiger partial charge in [-0.3, -0.25) is 9.69 Å². The zero-order chi connectivity index (χ0) is 14.4. The molecule has 0 spiro atoms. The summed E-state index contributed by atoms with van der Waals surface area (Å²) in [7, 11) is 2.00. The van der Waals surface area contributed by atoms with E-state index in [0.717, 1.165) is 13.0 Å². The van der Waals surface area contributed by atoms with Crippen molar-refractivity contribution in [2.24, 2.45) is 5.11 Å². The number of azide groups is 1. The maximum Gasteiger partial charge on any atom is 0.315 e. The highest BCUT2D eigenvalue weighted by molar-refractivity contribution is 5.76. The molecule has 0 N–H and O–H groups in total. The largest absolute Gasteiger partial charge is 0.461 e. The van der Waals surface area contributed by atoms with Crippen LogP contribution < -0.4 is 0 Å². The van der Waals surface area contributed by atoms with Crippen LogP contribution in [0.5, 0.6) is 0 Å². The second-order valence-corrected chi connectivity index (χ2v) is 5.04. The molecule has 0 radical (unpaired) electrons. The first-order valence-corrected chi connectivity index (χ1v) is 6.66. The molecule has 1 aliphatic heterocycles. The highest BCUT2D eigenvalue weighted by Gasteiger charge is 2.29. The molecule has 0 aromatic heterocycles. The number of ether oxygens (including phenoxy) is 1. The molecular formula is C14H18N4O2. The van der Waals surface area contributed by atoms with E-state index in [-0.39, 0.29) is 6.10 Å². The van der Waals surface area contributed by atoms with Crippen molar-refractivity contribution in [3.05, 3.63) is 46.3 Å². The minimum absolute atomic E-state index is 0.124. The Balaban J connectivity index is 1.82. The molecule has 20 heavy (non-hydrogen) atoms. The Labute approximate surface area is 118 Å². The number of hydrogen-bond donors (Lipinski definition) is 0. The van der Waals surface area contributed by atoms with Gasteiger partial charge in [0.1, 0.15) is 12.1 Å². The Morgan fingerprint density at radius 2 is 2.15 bits per heavy atom. The molecule has 0 bridgehead atoms. The summed E-state index contributed by atoms with van der Waals surface area (Å²) in [5.74, 6) is -0.410. The molecule has 2 rings (SSSR count). The normalized spacial score (nSPS) is 22.2. The van der Waals surface area contributed by atoms with E-state index < -0.39 is 12.0 Å². The van der Waals surface area contributed by atoms with E-state index in [9.17, 15) is 4.79 Å². The molecule has 0 amide bonds. The topological polar surface area (TPSA) is 78.3 Å². The lowest BCUT2D eigenvalue weighted by Gasteiger charge is -2.29. The van der Waals surface area contributed by atoms with Crippen molar-refractivity contribution in [2.45, 2.75) is 31.5 Å². The summed E-state index contributed by atoms with van der Waals surface area (Å²) in [6.07, 6.45) is 1.17. The fourth-order valence-electron chi connectivity index (χ4n) is 2.37. The number of rotatable bonds is 5. The summed E-state index contributed by atoms with van der Waals surface area (Å²) in [6.45, 7) is 1.50. The van der Waals surface area contributed by atoms with Crippen LogP contribution in [0.25, 0.3) is 10.4 Å². The molecule has 106 valence electrons. The van der Waals surface area contributed by atoms with E-state index in [2.05, 4.69) is 27.1 Å². The second kappa shape index (κ2) is 6.93. The van der Waals surface area contributed by atoms with Gasteiger partial charge in [0.15, 0.2) is 0 Å². The molecule has 1 aliphatic rings. The summed E-state index contributed by atoms with van der Waals surface area (Å²) < 4.78 is 5.31. The zero-order valence-corrected chi connectivity index (χ0v) is 11.5. The van der Waals surface area contributed by atoms with Gasteiger partial charge in [0.2, 0.25) is 0 Å². The van der Waals surface area contributed by atoms with Crippen LogP contribution in [0.1, 0.15) is 18.4 Å². The van der Waals surface area contributed by atoms with Crippen molar-refractivity contribution in [1.29, 1.82) is 0 Å². The van der Waals surface area contributed by atoms with Crippen molar-refractivity contribution in [3.63, 3.8) is 0 Å². The summed E-state index contributed by atoms with van der Waals surface area (Å²) in [6, 6.07) is 9.49. The number of carbonyl (C=O) groups is 1. The quantitative estimate of drug-likeness (QED) is 0.358. The lowest BCUT2D eigenvalue weighted by molar-refractivity contribution is -0.156. The monoisotopic (exact) mass is 274 g/mol. The van der Waals surface area contributed by atoms with Gasteiger partial charge in [0.05, 0.1) is 0 Å². The predicted octanol–water partition coefficient (Wildman–Crippen LogP) is 2.50. The van der Waals surface area contributed by atoms with Crippen LogP contribution in [0.15, 0.2) is 35.4 Å².